The average Bonchev–Trinajstić information content (AvgIpc) is 2.62. The number of primary amides is 1. The Morgan fingerprint density at radius 3 is 2.58 bits per heavy atom. The van der Waals surface area contributed by atoms with E-state index in [0.29, 0.717) is 11.4 Å². The number of carbonyl (C=O) groups excluding carboxylic acids is 1. The molecule has 0 aliphatic carbocycles. The van der Waals surface area contributed by atoms with Crippen LogP contribution in [0.1, 0.15) is 36.0 Å². The monoisotopic (exact) mass is 262 g/mol. The molecular weight excluding hydrogens is 244 g/mol. The number of aliphatic hydroxyl groups is 1. The summed E-state index contributed by atoms with van der Waals surface area (Å²) < 4.78 is 0. The molecule has 3 heterocycles. The van der Waals surface area contributed by atoms with Gasteiger partial charge in [0.25, 0.3) is 5.91 Å². The Morgan fingerprint density at radius 2 is 2.00 bits per heavy atom. The fourth-order valence-corrected chi connectivity index (χ4v) is 3.41. The lowest BCUT2D eigenvalue weighted by atomic mass is 9.98. The van der Waals surface area contributed by atoms with Crippen LogP contribution < -0.4 is 16.4 Å². The van der Waals surface area contributed by atoms with Gasteiger partial charge in [0.2, 0.25) is 0 Å². The molecule has 2 fully saturated rings. The number of pyridine rings is 1. The summed E-state index contributed by atoms with van der Waals surface area (Å²) in [7, 11) is 0. The van der Waals surface area contributed by atoms with Crippen LogP contribution >= 0.6 is 0 Å². The van der Waals surface area contributed by atoms with E-state index in [4.69, 9.17) is 11.5 Å². The van der Waals surface area contributed by atoms with Crippen LogP contribution in [0, 0.1) is 0 Å². The number of carbonyl (C=O) groups is 1. The number of nitrogens with zero attached hydrogens (tertiary/aromatic N) is 2. The molecule has 2 unspecified atom stereocenters. The van der Waals surface area contributed by atoms with E-state index in [9.17, 15) is 9.90 Å². The average molecular weight is 262 g/mol. The first-order chi connectivity index (χ1) is 9.06. The highest BCUT2D eigenvalue weighted by Gasteiger charge is 2.41. The summed E-state index contributed by atoms with van der Waals surface area (Å²) in [5.41, 5.74) is 12.2. The van der Waals surface area contributed by atoms with Crippen molar-refractivity contribution in [3.8, 4) is 0 Å². The van der Waals surface area contributed by atoms with Crippen molar-refractivity contribution in [2.24, 2.45) is 5.73 Å². The second kappa shape index (κ2) is 4.38. The molecule has 6 heteroatoms. The first-order valence-electron chi connectivity index (χ1n) is 6.58. The number of nitrogen functional groups attached to an aromatic ring is 1. The van der Waals surface area contributed by atoms with Gasteiger partial charge in [-0.05, 0) is 31.7 Å². The molecule has 0 saturated carbocycles. The van der Waals surface area contributed by atoms with Crippen LogP contribution in [0.5, 0.6) is 0 Å². The van der Waals surface area contributed by atoms with Gasteiger partial charge >= 0.3 is 0 Å². The number of nitrogens with two attached hydrogens (primary N) is 2. The van der Waals surface area contributed by atoms with E-state index < -0.39 is 5.91 Å². The van der Waals surface area contributed by atoms with Crippen molar-refractivity contribution in [2.75, 3.05) is 10.6 Å². The van der Waals surface area contributed by atoms with Crippen LogP contribution in [0.25, 0.3) is 0 Å². The molecular formula is C13H18N4O2. The van der Waals surface area contributed by atoms with Gasteiger partial charge in [-0.1, -0.05) is 0 Å². The summed E-state index contributed by atoms with van der Waals surface area (Å²) in [5, 5.41) is 9.82. The Hall–Kier alpha value is -1.82. The van der Waals surface area contributed by atoms with Crippen molar-refractivity contribution in [2.45, 2.75) is 43.9 Å². The van der Waals surface area contributed by atoms with E-state index in [1.165, 1.54) is 6.07 Å². The molecule has 19 heavy (non-hydrogen) atoms. The fraction of sp³-hybridized carbons (Fsp3) is 0.538. The summed E-state index contributed by atoms with van der Waals surface area (Å²) >= 11 is 0. The molecule has 2 aliphatic heterocycles. The summed E-state index contributed by atoms with van der Waals surface area (Å²) in [5.74, 6) is -0.198. The minimum Gasteiger partial charge on any atom is -0.393 e. The lowest BCUT2D eigenvalue weighted by Crippen LogP contribution is -2.45. The van der Waals surface area contributed by atoms with Crippen LogP contribution in [-0.2, 0) is 0 Å². The van der Waals surface area contributed by atoms with E-state index in [0.717, 1.165) is 31.4 Å². The van der Waals surface area contributed by atoms with Crippen molar-refractivity contribution in [3.05, 3.63) is 17.8 Å². The van der Waals surface area contributed by atoms with E-state index in [2.05, 4.69) is 9.88 Å². The Morgan fingerprint density at radius 1 is 1.37 bits per heavy atom. The van der Waals surface area contributed by atoms with Crippen LogP contribution in [0.2, 0.25) is 0 Å². The molecule has 2 atom stereocenters. The number of hydrogen-bond donors (Lipinski definition) is 3. The highest BCUT2D eigenvalue weighted by Crippen LogP contribution is 2.40. The Balaban J connectivity index is 2.01. The third kappa shape index (κ3) is 2.02. The van der Waals surface area contributed by atoms with Crippen molar-refractivity contribution >= 4 is 17.4 Å². The first-order valence-corrected chi connectivity index (χ1v) is 6.58. The Labute approximate surface area is 111 Å². The van der Waals surface area contributed by atoms with Crippen molar-refractivity contribution in [1.29, 1.82) is 0 Å². The van der Waals surface area contributed by atoms with Crippen molar-refractivity contribution in [3.63, 3.8) is 0 Å². The summed E-state index contributed by atoms with van der Waals surface area (Å²) in [4.78, 5) is 17.9. The van der Waals surface area contributed by atoms with Gasteiger partial charge in [-0.2, -0.15) is 0 Å². The van der Waals surface area contributed by atoms with Gasteiger partial charge in [-0.25, -0.2) is 4.98 Å². The molecule has 2 saturated heterocycles. The molecule has 0 spiro atoms. The molecule has 102 valence electrons. The second-order valence-electron chi connectivity index (χ2n) is 5.41. The summed E-state index contributed by atoms with van der Waals surface area (Å²) in [6.07, 6.45) is 4.91. The standard InChI is InChI=1S/C13H18N4O2/c14-12-5-10(13(15)19)11(6-16-12)17-7-1-2-8(17)4-9(18)3-7/h5-9,18H,1-4H2,(H2,14,16)(H2,15,19). The summed E-state index contributed by atoms with van der Waals surface area (Å²) in [6, 6.07) is 2.05. The largest absolute Gasteiger partial charge is 0.393 e. The zero-order chi connectivity index (χ0) is 13.6. The number of aromatic nitrogens is 1. The Bertz CT molecular complexity index is 505. The third-order valence-corrected chi connectivity index (χ3v) is 4.16. The minimum absolute atomic E-state index is 0.243. The molecule has 6 nitrogen and oxygen atoms in total. The van der Waals surface area contributed by atoms with Gasteiger partial charge in [0.15, 0.2) is 0 Å². The molecule has 3 rings (SSSR count). The number of amides is 1. The highest BCUT2D eigenvalue weighted by atomic mass is 16.3. The molecule has 1 amide bonds. The topological polar surface area (TPSA) is 105 Å². The summed E-state index contributed by atoms with van der Waals surface area (Å²) in [6.45, 7) is 0. The quantitative estimate of drug-likeness (QED) is 0.708. The van der Waals surface area contributed by atoms with E-state index >= 15 is 0 Å². The molecule has 0 aromatic carbocycles. The van der Waals surface area contributed by atoms with Crippen molar-refractivity contribution < 1.29 is 9.90 Å². The van der Waals surface area contributed by atoms with E-state index in [-0.39, 0.29) is 18.2 Å². The van der Waals surface area contributed by atoms with Gasteiger partial charge in [-0.3, -0.25) is 4.79 Å². The number of rotatable bonds is 2. The zero-order valence-corrected chi connectivity index (χ0v) is 10.6. The molecule has 0 radical (unpaired) electrons. The van der Waals surface area contributed by atoms with Gasteiger partial charge in [0.1, 0.15) is 5.82 Å². The maximum absolute atomic E-state index is 11.6. The maximum atomic E-state index is 11.6. The number of hydrogen-bond acceptors (Lipinski definition) is 5. The number of piperidine rings is 1. The van der Waals surface area contributed by atoms with E-state index in [1.54, 1.807) is 6.20 Å². The van der Waals surface area contributed by atoms with Crippen molar-refractivity contribution in [1.82, 2.24) is 4.98 Å². The second-order valence-corrected chi connectivity index (χ2v) is 5.41. The fourth-order valence-electron chi connectivity index (χ4n) is 3.41. The zero-order valence-electron chi connectivity index (χ0n) is 10.6. The molecule has 2 bridgehead atoms. The Kier molecular flexibility index (Phi) is 2.82. The van der Waals surface area contributed by atoms with Crippen LogP contribution in [0.3, 0.4) is 0 Å². The van der Waals surface area contributed by atoms with Gasteiger partial charge in [0, 0.05) is 12.1 Å². The normalized spacial score (nSPS) is 29.5. The number of anilines is 2. The third-order valence-electron chi connectivity index (χ3n) is 4.16. The minimum atomic E-state index is -0.491. The maximum Gasteiger partial charge on any atom is 0.251 e. The van der Waals surface area contributed by atoms with Gasteiger partial charge in [-0.15, -0.1) is 0 Å². The van der Waals surface area contributed by atoms with Gasteiger partial charge < -0.3 is 21.5 Å². The van der Waals surface area contributed by atoms with Crippen LogP contribution in [-0.4, -0.2) is 34.2 Å². The molecule has 1 aromatic rings. The number of aliphatic hydroxyl groups excluding tert-OH is 1. The SMILES string of the molecule is NC(=O)c1cc(N)ncc1N1C2CCC1CC(O)C2. The molecule has 1 aromatic heterocycles. The van der Waals surface area contributed by atoms with Crippen LogP contribution in [0.15, 0.2) is 12.3 Å². The molecule has 2 aliphatic rings. The predicted octanol–water partition coefficient (Wildman–Crippen LogP) is 0.255. The lowest BCUT2D eigenvalue weighted by molar-refractivity contribution is 0.1000. The highest BCUT2D eigenvalue weighted by molar-refractivity contribution is 5.99. The van der Waals surface area contributed by atoms with Crippen LogP contribution in [0.4, 0.5) is 11.5 Å². The van der Waals surface area contributed by atoms with Gasteiger partial charge in [0.05, 0.1) is 23.6 Å². The lowest BCUT2D eigenvalue weighted by Gasteiger charge is -2.39. The number of fused-ring (bicyclic) bond motifs is 2. The predicted molar refractivity (Wildman–Crippen MR) is 71.7 cm³/mol. The smallest absolute Gasteiger partial charge is 0.251 e. The molecule has 5 N–H and O–H groups in total. The first kappa shape index (κ1) is 12.2. The van der Waals surface area contributed by atoms with E-state index in [1.807, 2.05) is 0 Å².